The summed E-state index contributed by atoms with van der Waals surface area (Å²) in [5.41, 5.74) is 0. The summed E-state index contributed by atoms with van der Waals surface area (Å²) in [5.74, 6) is -0.622. The molecule has 1 amide bonds. The fourth-order valence-electron chi connectivity index (χ4n) is 1.07. The van der Waals surface area contributed by atoms with Gasteiger partial charge in [-0.1, -0.05) is 6.92 Å². The van der Waals surface area contributed by atoms with Crippen LogP contribution in [0.4, 0.5) is 0 Å². The smallest absolute Gasteiger partial charge is 0.310 e. The Labute approximate surface area is 96.6 Å². The van der Waals surface area contributed by atoms with Crippen LogP contribution in [0, 0.1) is 5.92 Å². The molecule has 15 heavy (non-hydrogen) atoms. The van der Waals surface area contributed by atoms with Crippen LogP contribution >= 0.6 is 12.4 Å². The molecule has 90 valence electrons. The second-order valence-electron chi connectivity index (χ2n) is 3.23. The summed E-state index contributed by atoms with van der Waals surface area (Å²) in [4.78, 5) is 23.9. The summed E-state index contributed by atoms with van der Waals surface area (Å²) in [6.45, 7) is 2.40. The Morgan fingerprint density at radius 2 is 2.00 bits per heavy atom. The van der Waals surface area contributed by atoms with Gasteiger partial charge in [0.25, 0.3) is 0 Å². The number of amides is 1. The van der Waals surface area contributed by atoms with Crippen LogP contribution in [0.5, 0.6) is 0 Å². The molecule has 0 fully saturated rings. The van der Waals surface area contributed by atoms with Crippen LogP contribution in [0.15, 0.2) is 0 Å². The number of nitrogens with zero attached hydrogens (tertiary/aromatic N) is 1. The van der Waals surface area contributed by atoms with Gasteiger partial charge in [0.2, 0.25) is 5.91 Å². The zero-order valence-electron chi connectivity index (χ0n) is 9.57. The largest absolute Gasteiger partial charge is 0.469 e. The topological polar surface area (TPSA) is 58.6 Å². The minimum absolute atomic E-state index is 0. The molecule has 6 heteroatoms. The number of nitrogens with one attached hydrogen (secondary N) is 1. The van der Waals surface area contributed by atoms with Gasteiger partial charge in [-0.05, 0) is 7.05 Å². The van der Waals surface area contributed by atoms with E-state index >= 15 is 0 Å². The van der Waals surface area contributed by atoms with Crippen molar-refractivity contribution in [3.8, 4) is 0 Å². The molecule has 0 saturated carbocycles. The van der Waals surface area contributed by atoms with E-state index in [2.05, 4.69) is 10.1 Å². The van der Waals surface area contributed by atoms with Gasteiger partial charge in [-0.25, -0.2) is 0 Å². The predicted molar refractivity (Wildman–Crippen MR) is 60.0 cm³/mol. The zero-order valence-corrected chi connectivity index (χ0v) is 10.4. The van der Waals surface area contributed by atoms with E-state index in [-0.39, 0.29) is 36.7 Å². The van der Waals surface area contributed by atoms with E-state index in [1.807, 2.05) is 0 Å². The SMILES string of the molecule is CNCC(=O)N(C)CC(C)C(=O)OC.Cl. The number of halogens is 1. The summed E-state index contributed by atoms with van der Waals surface area (Å²) in [5, 5.41) is 2.76. The highest BCUT2D eigenvalue weighted by Gasteiger charge is 2.17. The second-order valence-corrected chi connectivity index (χ2v) is 3.23. The van der Waals surface area contributed by atoms with Crippen LogP contribution in [-0.2, 0) is 14.3 Å². The maximum Gasteiger partial charge on any atom is 0.310 e. The number of likely N-dealkylation sites (N-methyl/N-ethyl adjacent to an activating group) is 2. The maximum absolute atomic E-state index is 11.3. The van der Waals surface area contributed by atoms with Crippen molar-refractivity contribution in [3.05, 3.63) is 0 Å². The molecule has 0 aromatic rings. The third kappa shape index (κ3) is 6.30. The number of esters is 1. The van der Waals surface area contributed by atoms with Gasteiger partial charge >= 0.3 is 5.97 Å². The van der Waals surface area contributed by atoms with Gasteiger partial charge in [0, 0.05) is 13.6 Å². The van der Waals surface area contributed by atoms with Crippen molar-refractivity contribution in [1.82, 2.24) is 10.2 Å². The minimum atomic E-state index is -0.297. The maximum atomic E-state index is 11.3. The molecule has 1 unspecified atom stereocenters. The molecule has 1 N–H and O–H groups in total. The van der Waals surface area contributed by atoms with Gasteiger partial charge in [-0.15, -0.1) is 12.4 Å². The van der Waals surface area contributed by atoms with Crippen molar-refractivity contribution < 1.29 is 14.3 Å². The summed E-state index contributed by atoms with van der Waals surface area (Å²) in [6, 6.07) is 0. The lowest BCUT2D eigenvalue weighted by atomic mass is 10.2. The lowest BCUT2D eigenvalue weighted by Crippen LogP contribution is -2.38. The molecule has 0 aliphatic rings. The Hall–Kier alpha value is -0.810. The van der Waals surface area contributed by atoms with Crippen molar-refractivity contribution in [3.63, 3.8) is 0 Å². The number of methoxy groups -OCH3 is 1. The highest BCUT2D eigenvalue weighted by molar-refractivity contribution is 5.85. The Balaban J connectivity index is 0. The first-order valence-electron chi connectivity index (χ1n) is 4.49. The molecule has 0 aromatic carbocycles. The van der Waals surface area contributed by atoms with Crippen LogP contribution in [-0.4, -0.2) is 51.1 Å². The third-order valence-corrected chi connectivity index (χ3v) is 1.91. The molecular weight excluding hydrogens is 220 g/mol. The molecule has 0 radical (unpaired) electrons. The van der Waals surface area contributed by atoms with Gasteiger partial charge < -0.3 is 15.0 Å². The molecule has 0 rings (SSSR count). The van der Waals surface area contributed by atoms with Gasteiger partial charge in [0.1, 0.15) is 0 Å². The predicted octanol–water partition coefficient (Wildman–Crippen LogP) is -0.105. The molecule has 0 aromatic heterocycles. The number of hydrogen-bond acceptors (Lipinski definition) is 4. The van der Waals surface area contributed by atoms with Crippen LogP contribution in [0.3, 0.4) is 0 Å². The van der Waals surface area contributed by atoms with Crippen molar-refractivity contribution >= 4 is 24.3 Å². The monoisotopic (exact) mass is 238 g/mol. The summed E-state index contributed by atoms with van der Waals surface area (Å²) < 4.78 is 4.56. The van der Waals surface area contributed by atoms with Crippen molar-refractivity contribution in [1.29, 1.82) is 0 Å². The van der Waals surface area contributed by atoms with E-state index in [4.69, 9.17) is 0 Å². The number of hydrogen-bond donors (Lipinski definition) is 1. The number of ether oxygens (including phenoxy) is 1. The van der Waals surface area contributed by atoms with E-state index in [1.54, 1.807) is 21.0 Å². The lowest BCUT2D eigenvalue weighted by Gasteiger charge is -2.19. The fraction of sp³-hybridized carbons (Fsp3) is 0.778. The molecule has 0 heterocycles. The molecule has 1 atom stereocenters. The fourth-order valence-corrected chi connectivity index (χ4v) is 1.07. The molecule has 0 aliphatic carbocycles. The number of rotatable bonds is 5. The van der Waals surface area contributed by atoms with Gasteiger partial charge in [0.05, 0.1) is 19.6 Å². The normalized spacial score (nSPS) is 11.2. The summed E-state index contributed by atoms with van der Waals surface area (Å²) in [7, 11) is 4.71. The first-order chi connectivity index (χ1) is 6.52. The summed E-state index contributed by atoms with van der Waals surface area (Å²) >= 11 is 0. The zero-order chi connectivity index (χ0) is 11.1. The van der Waals surface area contributed by atoms with Crippen LogP contribution in [0.1, 0.15) is 6.92 Å². The van der Waals surface area contributed by atoms with Crippen LogP contribution in [0.2, 0.25) is 0 Å². The molecule has 0 spiro atoms. The highest BCUT2D eigenvalue weighted by Crippen LogP contribution is 2.00. The van der Waals surface area contributed by atoms with Crippen molar-refractivity contribution in [2.75, 3.05) is 34.3 Å². The Kier molecular flexibility index (Phi) is 9.41. The summed E-state index contributed by atoms with van der Waals surface area (Å²) in [6.07, 6.45) is 0. The van der Waals surface area contributed by atoms with E-state index in [9.17, 15) is 9.59 Å². The average Bonchev–Trinajstić information content (AvgIpc) is 2.16. The lowest BCUT2D eigenvalue weighted by molar-refractivity contribution is -0.146. The van der Waals surface area contributed by atoms with Gasteiger partial charge in [-0.3, -0.25) is 9.59 Å². The standard InChI is InChI=1S/C9H18N2O3.ClH/c1-7(9(13)14-4)6-11(3)8(12)5-10-2;/h7,10H,5-6H2,1-4H3;1H. The Morgan fingerprint density at radius 1 is 1.47 bits per heavy atom. The van der Waals surface area contributed by atoms with Gasteiger partial charge in [0.15, 0.2) is 0 Å². The first kappa shape index (κ1) is 16.6. The Bertz CT molecular complexity index is 212. The minimum Gasteiger partial charge on any atom is -0.469 e. The number of carbonyl (C=O) groups excluding carboxylic acids is 2. The van der Waals surface area contributed by atoms with E-state index in [0.29, 0.717) is 6.54 Å². The van der Waals surface area contributed by atoms with Crippen LogP contribution in [0.25, 0.3) is 0 Å². The van der Waals surface area contributed by atoms with Crippen LogP contribution < -0.4 is 5.32 Å². The first-order valence-corrected chi connectivity index (χ1v) is 4.49. The molecular formula is C9H19ClN2O3. The second kappa shape index (κ2) is 8.49. The molecule has 0 bridgehead atoms. The third-order valence-electron chi connectivity index (χ3n) is 1.91. The number of carbonyl (C=O) groups is 2. The molecule has 5 nitrogen and oxygen atoms in total. The Morgan fingerprint density at radius 3 is 2.40 bits per heavy atom. The highest BCUT2D eigenvalue weighted by atomic mass is 35.5. The molecule has 0 aliphatic heterocycles. The quantitative estimate of drug-likeness (QED) is 0.680. The van der Waals surface area contributed by atoms with Crippen molar-refractivity contribution in [2.45, 2.75) is 6.92 Å². The average molecular weight is 239 g/mol. The van der Waals surface area contributed by atoms with E-state index < -0.39 is 0 Å². The van der Waals surface area contributed by atoms with E-state index in [0.717, 1.165) is 0 Å². The van der Waals surface area contributed by atoms with Gasteiger partial charge in [-0.2, -0.15) is 0 Å². The van der Waals surface area contributed by atoms with Crippen molar-refractivity contribution in [2.24, 2.45) is 5.92 Å². The van der Waals surface area contributed by atoms with E-state index in [1.165, 1.54) is 12.0 Å². The molecule has 0 saturated heterocycles.